The van der Waals surface area contributed by atoms with Crippen molar-refractivity contribution in [3.8, 4) is 0 Å². The predicted molar refractivity (Wildman–Crippen MR) is 111 cm³/mol. The summed E-state index contributed by atoms with van der Waals surface area (Å²) in [6.07, 6.45) is 3.80. The molecule has 1 aromatic carbocycles. The molecule has 2 aromatic heterocycles. The van der Waals surface area contributed by atoms with Crippen LogP contribution in [0.2, 0.25) is 0 Å². The van der Waals surface area contributed by atoms with E-state index in [1.807, 2.05) is 44.6 Å². The Hall–Kier alpha value is -2.03. The first-order chi connectivity index (χ1) is 11.7. The first kappa shape index (κ1) is 19.3. The van der Waals surface area contributed by atoms with E-state index in [1.165, 1.54) is 5.56 Å². The quantitative estimate of drug-likeness (QED) is 0.353. The molecule has 0 bridgehead atoms. The number of nitrogens with one attached hydrogen (secondary N) is 2. The summed E-state index contributed by atoms with van der Waals surface area (Å²) in [4.78, 5) is 4.60. The molecular weight excluding hydrogens is 429 g/mol. The number of hydrogen-bond acceptors (Lipinski definition) is 3. The molecule has 0 saturated carbocycles. The van der Waals surface area contributed by atoms with Crippen molar-refractivity contribution in [3.05, 3.63) is 53.5 Å². The third kappa shape index (κ3) is 4.75. The van der Waals surface area contributed by atoms with Gasteiger partial charge >= 0.3 is 0 Å². The minimum Gasteiger partial charge on any atom is -0.459 e. The highest BCUT2D eigenvalue weighted by Gasteiger charge is 2.10. The Morgan fingerprint density at radius 3 is 2.76 bits per heavy atom. The highest BCUT2D eigenvalue weighted by Crippen LogP contribution is 2.24. The van der Waals surface area contributed by atoms with Crippen LogP contribution in [-0.2, 0) is 20.1 Å². The van der Waals surface area contributed by atoms with E-state index < -0.39 is 0 Å². The summed E-state index contributed by atoms with van der Waals surface area (Å²) >= 11 is 0. The molecule has 134 valence electrons. The number of para-hydroxylation sites is 1. The van der Waals surface area contributed by atoms with Gasteiger partial charge in [0.2, 0.25) is 0 Å². The lowest BCUT2D eigenvalue weighted by Crippen LogP contribution is -2.36. The second-order valence-electron chi connectivity index (χ2n) is 5.72. The van der Waals surface area contributed by atoms with E-state index >= 15 is 0 Å². The molecule has 0 aliphatic rings. The van der Waals surface area contributed by atoms with Crippen LogP contribution in [0, 0.1) is 6.92 Å². The third-order valence-corrected chi connectivity index (χ3v) is 3.88. The largest absolute Gasteiger partial charge is 0.459 e. The summed E-state index contributed by atoms with van der Waals surface area (Å²) in [6.45, 7) is 6.12. The number of aliphatic imine (C=N–C) groups is 1. The van der Waals surface area contributed by atoms with Crippen molar-refractivity contribution < 1.29 is 4.42 Å². The maximum Gasteiger partial charge on any atom is 0.191 e. The number of halogens is 1. The summed E-state index contributed by atoms with van der Waals surface area (Å²) in [6, 6.07) is 8.09. The Bertz CT molecular complexity index is 852. The van der Waals surface area contributed by atoms with Crippen molar-refractivity contribution in [2.75, 3.05) is 6.54 Å². The van der Waals surface area contributed by atoms with E-state index in [9.17, 15) is 0 Å². The Morgan fingerprint density at radius 2 is 2.08 bits per heavy atom. The lowest BCUT2D eigenvalue weighted by Gasteiger charge is -2.10. The number of rotatable bonds is 5. The molecule has 0 unspecified atom stereocenters. The lowest BCUT2D eigenvalue weighted by molar-refractivity contribution is 0.534. The second kappa shape index (κ2) is 8.89. The van der Waals surface area contributed by atoms with Gasteiger partial charge < -0.3 is 15.1 Å². The first-order valence-corrected chi connectivity index (χ1v) is 8.14. The molecule has 2 N–H and O–H groups in total. The maximum atomic E-state index is 5.93. The maximum absolute atomic E-state index is 5.93. The molecule has 0 atom stereocenters. The van der Waals surface area contributed by atoms with E-state index in [1.54, 1.807) is 4.68 Å². The van der Waals surface area contributed by atoms with Gasteiger partial charge in [-0.05, 0) is 19.9 Å². The van der Waals surface area contributed by atoms with Gasteiger partial charge in [-0.25, -0.2) is 4.99 Å². The van der Waals surface area contributed by atoms with Gasteiger partial charge in [0.15, 0.2) is 5.96 Å². The van der Waals surface area contributed by atoms with E-state index in [-0.39, 0.29) is 24.0 Å². The smallest absolute Gasteiger partial charge is 0.191 e. The minimum atomic E-state index is 0. The Balaban J connectivity index is 0.00000225. The predicted octanol–water partition coefficient (Wildman–Crippen LogP) is 3.35. The average Bonchev–Trinajstić information content (AvgIpc) is 3.14. The zero-order valence-electron chi connectivity index (χ0n) is 14.7. The normalized spacial score (nSPS) is 11.4. The zero-order chi connectivity index (χ0) is 16.9. The average molecular weight is 453 g/mol. The van der Waals surface area contributed by atoms with Crippen LogP contribution >= 0.6 is 24.0 Å². The molecule has 0 amide bonds. The Kier molecular flexibility index (Phi) is 6.86. The summed E-state index contributed by atoms with van der Waals surface area (Å²) < 4.78 is 7.72. The molecule has 0 spiro atoms. The molecule has 0 aliphatic carbocycles. The van der Waals surface area contributed by atoms with Gasteiger partial charge in [0.1, 0.15) is 11.3 Å². The topological polar surface area (TPSA) is 67.4 Å². The molecule has 3 aromatic rings. The van der Waals surface area contributed by atoms with Gasteiger partial charge in [-0.15, -0.1) is 24.0 Å². The lowest BCUT2D eigenvalue weighted by atomic mass is 10.1. The van der Waals surface area contributed by atoms with Gasteiger partial charge in [-0.1, -0.05) is 18.2 Å². The standard InChI is InChI=1S/C18H23N5O.HI/c1-4-19-18(20-9-14-10-22-23(3)12-14)21-11-17-13(2)15-7-5-6-8-16(15)24-17;/h5-8,10,12H,4,9,11H2,1-3H3,(H2,19,20,21);1H. The molecular formula is C18H24IN5O. The first-order valence-electron chi connectivity index (χ1n) is 8.14. The van der Waals surface area contributed by atoms with Crippen LogP contribution in [0.4, 0.5) is 0 Å². The summed E-state index contributed by atoms with van der Waals surface area (Å²) in [7, 11) is 1.90. The van der Waals surface area contributed by atoms with Crippen LogP contribution in [0.25, 0.3) is 11.0 Å². The second-order valence-corrected chi connectivity index (χ2v) is 5.72. The van der Waals surface area contributed by atoms with Crippen LogP contribution in [0.15, 0.2) is 46.1 Å². The number of fused-ring (bicyclic) bond motifs is 1. The molecule has 6 nitrogen and oxygen atoms in total. The Labute approximate surface area is 164 Å². The summed E-state index contributed by atoms with van der Waals surface area (Å²) in [5.41, 5.74) is 3.17. The van der Waals surface area contributed by atoms with E-state index in [0.717, 1.165) is 34.8 Å². The molecule has 0 fully saturated rings. The summed E-state index contributed by atoms with van der Waals surface area (Å²) in [5, 5.41) is 11.9. The molecule has 0 radical (unpaired) electrons. The van der Waals surface area contributed by atoms with Gasteiger partial charge in [-0.2, -0.15) is 5.10 Å². The zero-order valence-corrected chi connectivity index (χ0v) is 17.1. The summed E-state index contributed by atoms with van der Waals surface area (Å²) in [5.74, 6) is 1.70. The van der Waals surface area contributed by atoms with Gasteiger partial charge in [0.05, 0.1) is 19.3 Å². The third-order valence-electron chi connectivity index (χ3n) is 3.88. The Morgan fingerprint density at radius 1 is 1.28 bits per heavy atom. The fourth-order valence-electron chi connectivity index (χ4n) is 2.62. The number of benzene rings is 1. The fourth-order valence-corrected chi connectivity index (χ4v) is 2.62. The fraction of sp³-hybridized carbons (Fsp3) is 0.333. The highest BCUT2D eigenvalue weighted by atomic mass is 127. The number of aryl methyl sites for hydroxylation is 2. The number of guanidine groups is 1. The van der Waals surface area contributed by atoms with Crippen molar-refractivity contribution in [2.45, 2.75) is 26.9 Å². The number of aromatic nitrogens is 2. The van der Waals surface area contributed by atoms with Crippen LogP contribution in [0.3, 0.4) is 0 Å². The number of hydrogen-bond donors (Lipinski definition) is 2. The van der Waals surface area contributed by atoms with E-state index in [2.05, 4.69) is 33.7 Å². The van der Waals surface area contributed by atoms with Crippen molar-refractivity contribution in [1.82, 2.24) is 20.4 Å². The van der Waals surface area contributed by atoms with Gasteiger partial charge in [0.25, 0.3) is 0 Å². The number of nitrogens with zero attached hydrogens (tertiary/aromatic N) is 3. The molecule has 0 saturated heterocycles. The SMILES string of the molecule is CCNC(=NCc1cnn(C)c1)NCc1oc2ccccc2c1C.I. The van der Waals surface area contributed by atoms with Crippen molar-refractivity contribution in [3.63, 3.8) is 0 Å². The highest BCUT2D eigenvalue weighted by molar-refractivity contribution is 14.0. The molecule has 3 rings (SSSR count). The van der Waals surface area contributed by atoms with E-state index in [0.29, 0.717) is 13.1 Å². The van der Waals surface area contributed by atoms with Gasteiger partial charge in [0, 0.05) is 36.3 Å². The minimum absolute atomic E-state index is 0. The van der Waals surface area contributed by atoms with Crippen LogP contribution in [0.1, 0.15) is 23.8 Å². The van der Waals surface area contributed by atoms with Crippen LogP contribution in [-0.4, -0.2) is 22.3 Å². The van der Waals surface area contributed by atoms with E-state index in [4.69, 9.17) is 4.42 Å². The van der Waals surface area contributed by atoms with Crippen LogP contribution < -0.4 is 10.6 Å². The number of furan rings is 1. The van der Waals surface area contributed by atoms with Crippen LogP contribution in [0.5, 0.6) is 0 Å². The molecule has 25 heavy (non-hydrogen) atoms. The molecule has 2 heterocycles. The molecule has 0 aliphatic heterocycles. The van der Waals surface area contributed by atoms with Gasteiger partial charge in [-0.3, -0.25) is 4.68 Å². The molecule has 7 heteroatoms. The monoisotopic (exact) mass is 453 g/mol. The van der Waals surface area contributed by atoms with Crippen molar-refractivity contribution in [2.24, 2.45) is 12.0 Å². The van der Waals surface area contributed by atoms with Crippen molar-refractivity contribution in [1.29, 1.82) is 0 Å². The van der Waals surface area contributed by atoms with Crippen molar-refractivity contribution >= 4 is 40.9 Å².